The Bertz CT molecular complexity index is 681. The molecule has 0 aliphatic rings. The van der Waals surface area contributed by atoms with Crippen LogP contribution in [0.5, 0.6) is 0 Å². The Morgan fingerprint density at radius 2 is 1.27 bits per heavy atom. The molecule has 0 fully saturated rings. The van der Waals surface area contributed by atoms with Gasteiger partial charge < -0.3 is 18.9 Å². The van der Waals surface area contributed by atoms with E-state index in [0.717, 1.165) is 44.9 Å². The van der Waals surface area contributed by atoms with E-state index < -0.39 is 13.9 Å². The minimum absolute atomic E-state index is 0.0891. The Balaban J connectivity index is 4.23. The first kappa shape index (κ1) is 40.2. The zero-order valence-corrected chi connectivity index (χ0v) is 28.2. The maximum absolute atomic E-state index is 12.4. The first-order chi connectivity index (χ1) is 19.6. The van der Waals surface area contributed by atoms with E-state index in [-0.39, 0.29) is 25.8 Å². The SMILES string of the molecule is CCCCCC/C=C\CCCCCCCCOCC(COP(=O)(O)OCC[N+](C)(C)C)OC(=O)CCCCCCC. The van der Waals surface area contributed by atoms with Crippen molar-refractivity contribution in [2.75, 3.05) is 54.1 Å². The first-order valence-electron chi connectivity index (χ1n) is 16.4. The number of esters is 1. The number of phosphoric acid groups is 1. The molecular weight excluding hydrogens is 541 g/mol. The smallest absolute Gasteiger partial charge is 0.457 e. The number of nitrogens with zero attached hydrogens (tertiary/aromatic N) is 1. The van der Waals surface area contributed by atoms with E-state index in [1.807, 2.05) is 21.1 Å². The van der Waals surface area contributed by atoms with Crippen LogP contribution in [0.3, 0.4) is 0 Å². The molecule has 9 heteroatoms. The molecular formula is C32H65NO7P+. The van der Waals surface area contributed by atoms with Gasteiger partial charge in [0.15, 0.2) is 0 Å². The van der Waals surface area contributed by atoms with Crippen LogP contribution < -0.4 is 0 Å². The van der Waals surface area contributed by atoms with Crippen LogP contribution in [0.1, 0.15) is 129 Å². The van der Waals surface area contributed by atoms with Crippen molar-refractivity contribution in [1.29, 1.82) is 0 Å². The quantitative estimate of drug-likeness (QED) is 0.0289. The number of carbonyl (C=O) groups is 1. The maximum Gasteiger partial charge on any atom is 0.472 e. The zero-order chi connectivity index (χ0) is 30.7. The number of likely N-dealkylation sites (N-methyl/N-ethyl adjacent to an activating group) is 1. The van der Waals surface area contributed by atoms with Gasteiger partial charge in [-0.15, -0.1) is 0 Å². The highest BCUT2D eigenvalue weighted by Gasteiger charge is 2.26. The number of allylic oxidation sites excluding steroid dienone is 2. The lowest BCUT2D eigenvalue weighted by molar-refractivity contribution is -0.870. The molecule has 0 aliphatic heterocycles. The van der Waals surface area contributed by atoms with Gasteiger partial charge in [0.2, 0.25) is 0 Å². The summed E-state index contributed by atoms with van der Waals surface area (Å²) < 4.78 is 34.5. The molecule has 0 saturated heterocycles. The summed E-state index contributed by atoms with van der Waals surface area (Å²) in [7, 11) is 1.66. The molecule has 0 aromatic heterocycles. The Kier molecular flexibility index (Phi) is 26.3. The molecule has 2 atom stereocenters. The Hall–Kier alpha value is -0.760. The molecule has 0 aromatic carbocycles. The number of hydrogen-bond acceptors (Lipinski definition) is 6. The van der Waals surface area contributed by atoms with Crippen LogP contribution in [0.25, 0.3) is 0 Å². The van der Waals surface area contributed by atoms with E-state index in [9.17, 15) is 14.3 Å². The van der Waals surface area contributed by atoms with E-state index in [0.29, 0.717) is 24.1 Å². The normalized spacial score (nSPS) is 14.4. The van der Waals surface area contributed by atoms with Gasteiger partial charge in [-0.2, -0.15) is 0 Å². The lowest BCUT2D eigenvalue weighted by atomic mass is 10.1. The van der Waals surface area contributed by atoms with Crippen LogP contribution in [-0.4, -0.2) is 75.6 Å². The van der Waals surface area contributed by atoms with Crippen molar-refractivity contribution in [1.82, 2.24) is 0 Å². The fourth-order valence-electron chi connectivity index (χ4n) is 4.19. The van der Waals surface area contributed by atoms with Gasteiger partial charge in [0.05, 0.1) is 34.4 Å². The predicted molar refractivity (Wildman–Crippen MR) is 169 cm³/mol. The van der Waals surface area contributed by atoms with Crippen molar-refractivity contribution >= 4 is 13.8 Å². The van der Waals surface area contributed by atoms with Crippen LogP contribution >= 0.6 is 7.82 Å². The summed E-state index contributed by atoms with van der Waals surface area (Å²) in [5, 5.41) is 0. The first-order valence-corrected chi connectivity index (χ1v) is 17.9. The lowest BCUT2D eigenvalue weighted by Crippen LogP contribution is -2.37. The largest absolute Gasteiger partial charge is 0.472 e. The summed E-state index contributed by atoms with van der Waals surface area (Å²) in [6.07, 6.45) is 24.1. The van der Waals surface area contributed by atoms with Crippen LogP contribution in [0.15, 0.2) is 12.2 Å². The number of hydrogen-bond donors (Lipinski definition) is 1. The van der Waals surface area contributed by atoms with Gasteiger partial charge in [0, 0.05) is 13.0 Å². The molecule has 41 heavy (non-hydrogen) atoms. The lowest BCUT2D eigenvalue weighted by Gasteiger charge is -2.24. The average Bonchev–Trinajstić information content (AvgIpc) is 2.90. The van der Waals surface area contributed by atoms with Gasteiger partial charge in [0.1, 0.15) is 19.3 Å². The molecule has 0 aromatic rings. The highest BCUT2D eigenvalue weighted by atomic mass is 31.2. The molecule has 8 nitrogen and oxygen atoms in total. The van der Waals surface area contributed by atoms with Gasteiger partial charge in [-0.25, -0.2) is 4.57 Å². The van der Waals surface area contributed by atoms with E-state index >= 15 is 0 Å². The van der Waals surface area contributed by atoms with E-state index in [2.05, 4.69) is 26.0 Å². The second-order valence-corrected chi connectivity index (χ2v) is 13.6. The molecule has 244 valence electrons. The number of phosphoric ester groups is 1. The fraction of sp³-hybridized carbons (Fsp3) is 0.906. The van der Waals surface area contributed by atoms with Crippen molar-refractivity contribution in [3.63, 3.8) is 0 Å². The maximum atomic E-state index is 12.4. The van der Waals surface area contributed by atoms with Crippen molar-refractivity contribution in [2.45, 2.75) is 136 Å². The number of unbranched alkanes of at least 4 members (excludes halogenated alkanes) is 14. The molecule has 0 amide bonds. The molecule has 0 radical (unpaired) electrons. The second-order valence-electron chi connectivity index (χ2n) is 12.2. The standard InChI is InChI=1S/C32H64NO7P/c1-6-8-10-12-13-14-15-16-17-18-19-20-22-24-27-37-29-31(40-32(34)25-23-21-11-9-7-2)30-39-41(35,36)38-28-26-33(3,4)5/h14-15,31H,6-13,16-30H2,1-5H3/p+1/b15-14-. The van der Waals surface area contributed by atoms with Crippen LogP contribution in [0, 0.1) is 0 Å². The molecule has 0 bridgehead atoms. The third-order valence-corrected chi connectivity index (χ3v) is 7.81. The number of ether oxygens (including phenoxy) is 2. The monoisotopic (exact) mass is 606 g/mol. The number of rotatable bonds is 30. The van der Waals surface area contributed by atoms with E-state index in [1.54, 1.807) is 0 Å². The molecule has 0 rings (SSSR count). The minimum Gasteiger partial charge on any atom is -0.457 e. The van der Waals surface area contributed by atoms with E-state index in [4.69, 9.17) is 18.5 Å². The summed E-state index contributed by atoms with van der Waals surface area (Å²) in [6.45, 7) is 5.49. The minimum atomic E-state index is -4.25. The molecule has 0 spiro atoms. The summed E-state index contributed by atoms with van der Waals surface area (Å²) in [4.78, 5) is 22.4. The van der Waals surface area contributed by atoms with Crippen molar-refractivity contribution in [3.8, 4) is 0 Å². The zero-order valence-electron chi connectivity index (χ0n) is 27.3. The highest BCUT2D eigenvalue weighted by molar-refractivity contribution is 7.47. The third kappa shape index (κ3) is 30.5. The average molecular weight is 607 g/mol. The molecule has 0 heterocycles. The Morgan fingerprint density at radius 3 is 1.88 bits per heavy atom. The second kappa shape index (κ2) is 26.8. The van der Waals surface area contributed by atoms with Crippen molar-refractivity contribution in [2.24, 2.45) is 0 Å². The summed E-state index contributed by atoms with van der Waals surface area (Å²) >= 11 is 0. The van der Waals surface area contributed by atoms with Crippen molar-refractivity contribution in [3.05, 3.63) is 12.2 Å². The molecule has 2 unspecified atom stereocenters. The van der Waals surface area contributed by atoms with Crippen LogP contribution in [0.2, 0.25) is 0 Å². The van der Waals surface area contributed by atoms with Gasteiger partial charge in [-0.3, -0.25) is 13.8 Å². The van der Waals surface area contributed by atoms with Gasteiger partial charge in [-0.05, 0) is 38.5 Å². The highest BCUT2D eigenvalue weighted by Crippen LogP contribution is 2.43. The number of carbonyl (C=O) groups excluding carboxylic acids is 1. The van der Waals surface area contributed by atoms with Gasteiger partial charge in [-0.1, -0.05) is 96.6 Å². The van der Waals surface area contributed by atoms with Crippen LogP contribution in [-0.2, 0) is 27.9 Å². The summed E-state index contributed by atoms with van der Waals surface area (Å²) in [5.41, 5.74) is 0. The van der Waals surface area contributed by atoms with Crippen LogP contribution in [0.4, 0.5) is 0 Å². The molecule has 0 aliphatic carbocycles. The summed E-state index contributed by atoms with van der Waals surface area (Å²) in [6, 6.07) is 0. The Morgan fingerprint density at radius 1 is 0.732 bits per heavy atom. The van der Waals surface area contributed by atoms with Gasteiger partial charge in [0.25, 0.3) is 0 Å². The fourth-order valence-corrected chi connectivity index (χ4v) is 4.93. The Labute approximate surface area is 252 Å². The number of quaternary nitrogens is 1. The molecule has 1 N–H and O–H groups in total. The predicted octanol–water partition coefficient (Wildman–Crippen LogP) is 8.37. The van der Waals surface area contributed by atoms with E-state index in [1.165, 1.54) is 64.2 Å². The topological polar surface area (TPSA) is 91.3 Å². The van der Waals surface area contributed by atoms with Gasteiger partial charge >= 0.3 is 13.8 Å². The summed E-state index contributed by atoms with van der Waals surface area (Å²) in [5.74, 6) is -0.330. The molecule has 0 saturated carbocycles. The van der Waals surface area contributed by atoms with Crippen molar-refractivity contribution < 1.29 is 37.3 Å². The third-order valence-electron chi connectivity index (χ3n) is 6.83.